The molecule has 1 aromatic carbocycles. The first-order valence-electron chi connectivity index (χ1n) is 6.74. The SMILES string of the molecule is Cc1cc2c(cc1C(C)CN)OCC1(CC1)CO2. The molecule has 3 nitrogen and oxygen atoms in total. The van der Waals surface area contributed by atoms with Gasteiger partial charge in [0.25, 0.3) is 0 Å². The van der Waals surface area contributed by atoms with Gasteiger partial charge in [-0.05, 0) is 55.5 Å². The molecule has 1 heterocycles. The quantitative estimate of drug-likeness (QED) is 0.873. The van der Waals surface area contributed by atoms with Gasteiger partial charge in [0.15, 0.2) is 11.5 Å². The molecule has 1 atom stereocenters. The van der Waals surface area contributed by atoms with Crippen molar-refractivity contribution >= 4 is 0 Å². The van der Waals surface area contributed by atoms with Gasteiger partial charge in [-0.3, -0.25) is 0 Å². The van der Waals surface area contributed by atoms with E-state index in [9.17, 15) is 0 Å². The summed E-state index contributed by atoms with van der Waals surface area (Å²) in [5.41, 5.74) is 8.57. The number of hydrogen-bond donors (Lipinski definition) is 1. The molecule has 1 aliphatic heterocycles. The molecule has 3 rings (SSSR count). The van der Waals surface area contributed by atoms with Gasteiger partial charge in [-0.1, -0.05) is 6.92 Å². The van der Waals surface area contributed by atoms with Gasteiger partial charge in [-0.2, -0.15) is 0 Å². The Labute approximate surface area is 108 Å². The summed E-state index contributed by atoms with van der Waals surface area (Å²) < 4.78 is 11.9. The van der Waals surface area contributed by atoms with E-state index in [0.717, 1.165) is 24.7 Å². The van der Waals surface area contributed by atoms with Crippen molar-refractivity contribution < 1.29 is 9.47 Å². The second-order valence-corrected chi connectivity index (χ2v) is 5.87. The van der Waals surface area contributed by atoms with Crippen LogP contribution in [0.1, 0.15) is 36.8 Å². The molecule has 18 heavy (non-hydrogen) atoms. The highest BCUT2D eigenvalue weighted by Crippen LogP contribution is 2.49. The standard InChI is InChI=1S/C15H21NO2/c1-10-5-13-14(6-12(10)11(2)7-16)18-9-15(3-4-15)8-17-13/h5-6,11H,3-4,7-9,16H2,1-2H3. The summed E-state index contributed by atoms with van der Waals surface area (Å²) in [6.07, 6.45) is 2.46. The summed E-state index contributed by atoms with van der Waals surface area (Å²) in [4.78, 5) is 0. The second kappa shape index (κ2) is 4.16. The number of ether oxygens (including phenoxy) is 2. The zero-order valence-corrected chi connectivity index (χ0v) is 11.2. The van der Waals surface area contributed by atoms with Crippen molar-refractivity contribution in [1.82, 2.24) is 0 Å². The maximum Gasteiger partial charge on any atom is 0.161 e. The van der Waals surface area contributed by atoms with Crippen LogP contribution in [0.3, 0.4) is 0 Å². The van der Waals surface area contributed by atoms with E-state index < -0.39 is 0 Å². The van der Waals surface area contributed by atoms with Gasteiger partial charge in [-0.25, -0.2) is 0 Å². The van der Waals surface area contributed by atoms with Crippen molar-refractivity contribution in [1.29, 1.82) is 0 Å². The number of hydrogen-bond acceptors (Lipinski definition) is 3. The lowest BCUT2D eigenvalue weighted by molar-refractivity contribution is 0.197. The van der Waals surface area contributed by atoms with E-state index in [2.05, 4.69) is 26.0 Å². The van der Waals surface area contributed by atoms with Crippen LogP contribution < -0.4 is 15.2 Å². The topological polar surface area (TPSA) is 44.5 Å². The molecule has 1 aliphatic carbocycles. The molecular weight excluding hydrogens is 226 g/mol. The van der Waals surface area contributed by atoms with Crippen molar-refractivity contribution in [3.05, 3.63) is 23.3 Å². The van der Waals surface area contributed by atoms with E-state index in [0.29, 0.717) is 17.9 Å². The highest BCUT2D eigenvalue weighted by molar-refractivity contribution is 5.48. The Morgan fingerprint density at radius 3 is 2.39 bits per heavy atom. The Balaban J connectivity index is 1.93. The third-order valence-electron chi connectivity index (χ3n) is 4.24. The van der Waals surface area contributed by atoms with E-state index >= 15 is 0 Å². The summed E-state index contributed by atoms with van der Waals surface area (Å²) in [5.74, 6) is 2.14. The van der Waals surface area contributed by atoms with Gasteiger partial charge >= 0.3 is 0 Å². The smallest absolute Gasteiger partial charge is 0.161 e. The molecule has 1 unspecified atom stereocenters. The van der Waals surface area contributed by atoms with Crippen molar-refractivity contribution in [3.63, 3.8) is 0 Å². The van der Waals surface area contributed by atoms with Crippen LogP contribution in [-0.4, -0.2) is 19.8 Å². The summed E-state index contributed by atoms with van der Waals surface area (Å²) >= 11 is 0. The molecule has 98 valence electrons. The zero-order chi connectivity index (χ0) is 12.8. The van der Waals surface area contributed by atoms with E-state index in [4.69, 9.17) is 15.2 Å². The van der Waals surface area contributed by atoms with E-state index in [1.165, 1.54) is 24.0 Å². The Morgan fingerprint density at radius 2 is 1.83 bits per heavy atom. The van der Waals surface area contributed by atoms with Gasteiger partial charge in [0.1, 0.15) is 0 Å². The monoisotopic (exact) mass is 247 g/mol. The van der Waals surface area contributed by atoms with Gasteiger partial charge in [0.2, 0.25) is 0 Å². The van der Waals surface area contributed by atoms with Gasteiger partial charge in [-0.15, -0.1) is 0 Å². The molecule has 0 radical (unpaired) electrons. The molecule has 1 spiro atoms. The highest BCUT2D eigenvalue weighted by Gasteiger charge is 2.46. The van der Waals surface area contributed by atoms with Crippen LogP contribution in [-0.2, 0) is 0 Å². The fraction of sp³-hybridized carbons (Fsp3) is 0.600. The van der Waals surface area contributed by atoms with Crippen molar-refractivity contribution in [3.8, 4) is 11.5 Å². The normalized spacial score (nSPS) is 21.5. The third kappa shape index (κ3) is 1.97. The number of rotatable bonds is 2. The molecule has 0 saturated heterocycles. The Bertz CT molecular complexity index is 466. The minimum Gasteiger partial charge on any atom is -0.489 e. The number of fused-ring (bicyclic) bond motifs is 1. The van der Waals surface area contributed by atoms with Crippen LogP contribution in [0.5, 0.6) is 11.5 Å². The fourth-order valence-electron chi connectivity index (χ4n) is 2.53. The lowest BCUT2D eigenvalue weighted by Crippen LogP contribution is -2.17. The highest BCUT2D eigenvalue weighted by atomic mass is 16.5. The van der Waals surface area contributed by atoms with E-state index in [1.807, 2.05) is 0 Å². The minimum atomic E-state index is 0.298. The molecule has 2 aliphatic rings. The van der Waals surface area contributed by atoms with Crippen molar-refractivity contribution in [2.24, 2.45) is 11.1 Å². The molecule has 1 saturated carbocycles. The predicted octanol–water partition coefficient (Wildman–Crippen LogP) is 2.61. The molecule has 3 heteroatoms. The summed E-state index contributed by atoms with van der Waals surface area (Å²) in [5, 5.41) is 0. The molecule has 1 aromatic rings. The zero-order valence-electron chi connectivity index (χ0n) is 11.2. The first-order chi connectivity index (χ1) is 8.63. The Kier molecular flexibility index (Phi) is 2.74. The van der Waals surface area contributed by atoms with Crippen LogP contribution >= 0.6 is 0 Å². The van der Waals surface area contributed by atoms with Crippen LogP contribution in [0.4, 0.5) is 0 Å². The minimum absolute atomic E-state index is 0.298. The van der Waals surface area contributed by atoms with Gasteiger partial charge in [0.05, 0.1) is 13.2 Å². The van der Waals surface area contributed by atoms with Crippen molar-refractivity contribution in [2.75, 3.05) is 19.8 Å². The lowest BCUT2D eigenvalue weighted by atomic mass is 9.96. The van der Waals surface area contributed by atoms with Crippen LogP contribution in [0, 0.1) is 12.3 Å². The Morgan fingerprint density at radius 1 is 1.22 bits per heavy atom. The Hall–Kier alpha value is -1.22. The summed E-state index contributed by atoms with van der Waals surface area (Å²) in [7, 11) is 0. The first kappa shape index (κ1) is 11.8. The third-order valence-corrected chi connectivity index (χ3v) is 4.24. The van der Waals surface area contributed by atoms with E-state index in [1.54, 1.807) is 0 Å². The fourth-order valence-corrected chi connectivity index (χ4v) is 2.53. The average molecular weight is 247 g/mol. The lowest BCUT2D eigenvalue weighted by Gasteiger charge is -2.16. The molecule has 0 bridgehead atoms. The van der Waals surface area contributed by atoms with Crippen LogP contribution in [0.25, 0.3) is 0 Å². The number of aryl methyl sites for hydroxylation is 1. The van der Waals surface area contributed by atoms with Crippen LogP contribution in [0.2, 0.25) is 0 Å². The predicted molar refractivity (Wildman–Crippen MR) is 71.3 cm³/mol. The summed E-state index contributed by atoms with van der Waals surface area (Å²) in [6.45, 7) is 6.51. The molecule has 0 amide bonds. The summed E-state index contributed by atoms with van der Waals surface area (Å²) in [6, 6.07) is 4.21. The maximum absolute atomic E-state index is 5.95. The van der Waals surface area contributed by atoms with Gasteiger partial charge < -0.3 is 15.2 Å². The van der Waals surface area contributed by atoms with Crippen LogP contribution in [0.15, 0.2) is 12.1 Å². The molecule has 1 fully saturated rings. The maximum atomic E-state index is 5.95. The molecular formula is C15H21NO2. The molecule has 0 aromatic heterocycles. The van der Waals surface area contributed by atoms with Crippen molar-refractivity contribution in [2.45, 2.75) is 32.6 Å². The first-order valence-corrected chi connectivity index (χ1v) is 6.74. The van der Waals surface area contributed by atoms with Gasteiger partial charge in [0, 0.05) is 5.41 Å². The average Bonchev–Trinajstić information content (AvgIpc) is 3.16. The second-order valence-electron chi connectivity index (χ2n) is 5.87. The number of benzene rings is 1. The largest absolute Gasteiger partial charge is 0.489 e. The van der Waals surface area contributed by atoms with E-state index in [-0.39, 0.29) is 0 Å². The molecule has 2 N–H and O–H groups in total. The number of nitrogens with two attached hydrogens (primary N) is 1.